The average molecular weight is 411 g/mol. The molecule has 3 N–H and O–H groups in total. The Morgan fingerprint density at radius 1 is 1.11 bits per heavy atom. The Hall–Kier alpha value is -2.44. The molecule has 2 aromatic carbocycles. The number of benzene rings is 2. The molecule has 0 radical (unpaired) electrons. The SMILES string of the molecule is CC(Oc1ccc(Cl)cc1Cl)C(=O)NCCCNC(=O)c1cccc(O)c1. The summed E-state index contributed by atoms with van der Waals surface area (Å²) in [5, 5.41) is 15.6. The number of hydrogen-bond acceptors (Lipinski definition) is 4. The van der Waals surface area contributed by atoms with E-state index < -0.39 is 6.10 Å². The molecule has 0 aliphatic heterocycles. The first-order valence-corrected chi connectivity index (χ1v) is 9.09. The summed E-state index contributed by atoms with van der Waals surface area (Å²) >= 11 is 11.8. The molecular formula is C19H20Cl2N2O4. The molecule has 144 valence electrons. The molecule has 0 saturated heterocycles. The quantitative estimate of drug-likeness (QED) is 0.581. The molecular weight excluding hydrogens is 391 g/mol. The van der Waals surface area contributed by atoms with Crippen LogP contribution in [0.4, 0.5) is 0 Å². The summed E-state index contributed by atoms with van der Waals surface area (Å²) in [6.45, 7) is 2.37. The molecule has 0 heterocycles. The van der Waals surface area contributed by atoms with Gasteiger partial charge in [0, 0.05) is 23.7 Å². The van der Waals surface area contributed by atoms with E-state index in [1.807, 2.05) is 0 Å². The molecule has 8 heteroatoms. The van der Waals surface area contributed by atoms with Gasteiger partial charge in [0.25, 0.3) is 11.8 Å². The van der Waals surface area contributed by atoms with Crippen molar-refractivity contribution in [3.05, 3.63) is 58.1 Å². The number of phenols is 1. The Labute approximate surface area is 167 Å². The maximum atomic E-state index is 12.1. The van der Waals surface area contributed by atoms with Crippen LogP contribution in [-0.2, 0) is 4.79 Å². The van der Waals surface area contributed by atoms with Crippen molar-refractivity contribution in [2.24, 2.45) is 0 Å². The van der Waals surface area contributed by atoms with E-state index >= 15 is 0 Å². The third-order valence-electron chi connectivity index (χ3n) is 3.61. The molecule has 2 amide bonds. The Morgan fingerprint density at radius 2 is 1.85 bits per heavy atom. The Bertz CT molecular complexity index is 814. The van der Waals surface area contributed by atoms with E-state index in [1.165, 1.54) is 18.2 Å². The highest BCUT2D eigenvalue weighted by Gasteiger charge is 2.15. The molecule has 0 fully saturated rings. The summed E-state index contributed by atoms with van der Waals surface area (Å²) < 4.78 is 5.53. The van der Waals surface area contributed by atoms with Crippen LogP contribution in [0.5, 0.6) is 11.5 Å². The van der Waals surface area contributed by atoms with Crippen molar-refractivity contribution < 1.29 is 19.4 Å². The van der Waals surface area contributed by atoms with E-state index in [-0.39, 0.29) is 17.6 Å². The number of nitrogens with one attached hydrogen (secondary N) is 2. The van der Waals surface area contributed by atoms with Crippen LogP contribution in [-0.4, -0.2) is 36.1 Å². The first-order valence-electron chi connectivity index (χ1n) is 8.33. The summed E-state index contributed by atoms with van der Waals surface area (Å²) in [7, 11) is 0. The lowest BCUT2D eigenvalue weighted by Crippen LogP contribution is -2.38. The number of ether oxygens (including phenoxy) is 1. The molecule has 0 spiro atoms. The fraction of sp³-hybridized carbons (Fsp3) is 0.263. The summed E-state index contributed by atoms with van der Waals surface area (Å²) in [6.07, 6.45) is -0.185. The van der Waals surface area contributed by atoms with Crippen molar-refractivity contribution >= 4 is 35.0 Å². The number of hydrogen-bond donors (Lipinski definition) is 3. The second kappa shape index (κ2) is 10.0. The molecule has 6 nitrogen and oxygen atoms in total. The lowest BCUT2D eigenvalue weighted by molar-refractivity contribution is -0.127. The van der Waals surface area contributed by atoms with Gasteiger partial charge >= 0.3 is 0 Å². The van der Waals surface area contributed by atoms with Gasteiger partial charge in [-0.25, -0.2) is 0 Å². The third kappa shape index (κ3) is 6.66. The molecule has 1 atom stereocenters. The van der Waals surface area contributed by atoms with Crippen LogP contribution < -0.4 is 15.4 Å². The van der Waals surface area contributed by atoms with Crippen molar-refractivity contribution in [1.29, 1.82) is 0 Å². The topological polar surface area (TPSA) is 87.7 Å². The highest BCUT2D eigenvalue weighted by molar-refractivity contribution is 6.35. The maximum absolute atomic E-state index is 12.1. The highest BCUT2D eigenvalue weighted by atomic mass is 35.5. The summed E-state index contributed by atoms with van der Waals surface area (Å²) in [5.41, 5.74) is 0.376. The van der Waals surface area contributed by atoms with Crippen LogP contribution >= 0.6 is 23.2 Å². The van der Waals surface area contributed by atoms with Gasteiger partial charge in [-0.05, 0) is 49.7 Å². The van der Waals surface area contributed by atoms with E-state index in [4.69, 9.17) is 27.9 Å². The van der Waals surface area contributed by atoms with Crippen LogP contribution in [0.25, 0.3) is 0 Å². The molecule has 0 saturated carbocycles. The van der Waals surface area contributed by atoms with Gasteiger partial charge in [-0.1, -0.05) is 29.3 Å². The fourth-order valence-corrected chi connectivity index (χ4v) is 2.66. The largest absolute Gasteiger partial charge is 0.508 e. The van der Waals surface area contributed by atoms with E-state index in [0.717, 1.165) is 0 Å². The zero-order valence-corrected chi connectivity index (χ0v) is 16.2. The van der Waals surface area contributed by atoms with Crippen molar-refractivity contribution in [3.8, 4) is 11.5 Å². The number of aromatic hydroxyl groups is 1. The molecule has 2 aromatic rings. The van der Waals surface area contributed by atoms with Crippen LogP contribution in [0.1, 0.15) is 23.7 Å². The third-order valence-corrected chi connectivity index (χ3v) is 4.14. The Morgan fingerprint density at radius 3 is 2.56 bits per heavy atom. The number of carbonyl (C=O) groups excluding carboxylic acids is 2. The first kappa shape index (κ1) is 20.9. The Kier molecular flexibility index (Phi) is 7.76. The van der Waals surface area contributed by atoms with Gasteiger partial charge in [0.1, 0.15) is 11.5 Å². The Balaban J connectivity index is 1.68. The molecule has 0 bridgehead atoms. The lowest BCUT2D eigenvalue weighted by atomic mass is 10.2. The minimum atomic E-state index is -0.731. The lowest BCUT2D eigenvalue weighted by Gasteiger charge is -2.15. The van der Waals surface area contributed by atoms with Crippen molar-refractivity contribution in [2.45, 2.75) is 19.4 Å². The molecule has 2 rings (SSSR count). The van der Waals surface area contributed by atoms with E-state index in [0.29, 0.717) is 40.9 Å². The summed E-state index contributed by atoms with van der Waals surface area (Å²) in [5.74, 6) is -0.168. The van der Waals surface area contributed by atoms with Gasteiger partial charge in [0.05, 0.1) is 5.02 Å². The second-order valence-corrected chi connectivity index (χ2v) is 6.63. The average Bonchev–Trinajstić information content (AvgIpc) is 2.63. The maximum Gasteiger partial charge on any atom is 0.260 e. The van der Waals surface area contributed by atoms with Crippen molar-refractivity contribution in [3.63, 3.8) is 0 Å². The minimum absolute atomic E-state index is 0.0321. The zero-order chi connectivity index (χ0) is 19.8. The van der Waals surface area contributed by atoms with Gasteiger partial charge in [0.15, 0.2) is 6.10 Å². The minimum Gasteiger partial charge on any atom is -0.508 e. The van der Waals surface area contributed by atoms with Crippen LogP contribution in [0.15, 0.2) is 42.5 Å². The number of phenolic OH excluding ortho intramolecular Hbond substituents is 1. The smallest absolute Gasteiger partial charge is 0.260 e. The predicted molar refractivity (Wildman–Crippen MR) is 105 cm³/mol. The van der Waals surface area contributed by atoms with Gasteiger partial charge in [-0.2, -0.15) is 0 Å². The second-order valence-electron chi connectivity index (χ2n) is 5.79. The van der Waals surface area contributed by atoms with Gasteiger partial charge in [-0.15, -0.1) is 0 Å². The zero-order valence-electron chi connectivity index (χ0n) is 14.7. The van der Waals surface area contributed by atoms with Crippen LogP contribution in [0.2, 0.25) is 10.0 Å². The number of amides is 2. The van der Waals surface area contributed by atoms with Crippen LogP contribution in [0, 0.1) is 0 Å². The normalized spacial score (nSPS) is 11.5. The molecule has 0 aliphatic carbocycles. The standard InChI is InChI=1S/C19H20Cl2N2O4/c1-12(27-17-7-6-14(20)11-16(17)21)18(25)22-8-3-9-23-19(26)13-4-2-5-15(24)10-13/h2,4-7,10-12,24H,3,8-9H2,1H3,(H,22,25)(H,23,26). The van der Waals surface area contributed by atoms with Crippen molar-refractivity contribution in [1.82, 2.24) is 10.6 Å². The summed E-state index contributed by atoms with van der Waals surface area (Å²) in [4.78, 5) is 24.0. The predicted octanol–water partition coefficient (Wildman–Crippen LogP) is 3.40. The van der Waals surface area contributed by atoms with E-state index in [2.05, 4.69) is 10.6 Å². The monoisotopic (exact) mass is 410 g/mol. The van der Waals surface area contributed by atoms with Crippen LogP contribution in [0.3, 0.4) is 0 Å². The summed E-state index contributed by atoms with van der Waals surface area (Å²) in [6, 6.07) is 10.9. The fourth-order valence-electron chi connectivity index (χ4n) is 2.21. The van der Waals surface area contributed by atoms with E-state index in [1.54, 1.807) is 31.2 Å². The number of carbonyl (C=O) groups is 2. The number of rotatable bonds is 8. The molecule has 1 unspecified atom stereocenters. The van der Waals surface area contributed by atoms with Gasteiger partial charge in [0.2, 0.25) is 0 Å². The van der Waals surface area contributed by atoms with E-state index in [9.17, 15) is 14.7 Å². The molecule has 0 aliphatic rings. The highest BCUT2D eigenvalue weighted by Crippen LogP contribution is 2.28. The van der Waals surface area contributed by atoms with Gasteiger partial charge in [-0.3, -0.25) is 9.59 Å². The van der Waals surface area contributed by atoms with Crippen molar-refractivity contribution in [2.75, 3.05) is 13.1 Å². The van der Waals surface area contributed by atoms with Gasteiger partial charge < -0.3 is 20.5 Å². The molecule has 0 aromatic heterocycles. The number of halogens is 2. The first-order chi connectivity index (χ1) is 12.9. The molecule has 27 heavy (non-hydrogen) atoms.